The Kier molecular flexibility index (Phi) is 4.00. The lowest BCUT2D eigenvalue weighted by molar-refractivity contribution is 1.18. The van der Waals surface area contributed by atoms with Gasteiger partial charge in [-0.3, -0.25) is 0 Å². The molecule has 0 N–H and O–H groups in total. The number of hydrogen-bond donors (Lipinski definition) is 0. The fourth-order valence-corrected chi connectivity index (χ4v) is 4.12. The topological polar surface area (TPSA) is 9.29 Å². The molecule has 0 radical (unpaired) electrons. The number of hydrogen-bond acceptors (Lipinski definition) is 0. The van der Waals surface area contributed by atoms with Gasteiger partial charge in [-0.05, 0) is 53.6 Å². The van der Waals surface area contributed by atoms with E-state index in [9.17, 15) is 0 Å². The summed E-state index contributed by atoms with van der Waals surface area (Å²) < 4.78 is 3.38. The van der Waals surface area contributed by atoms with Gasteiger partial charge in [-0.25, -0.2) is 4.85 Å². The summed E-state index contributed by atoms with van der Waals surface area (Å²) in [7, 11) is 0. The number of halogens is 1. The SMILES string of the molecule is [C-]#[N+]c1ccc(-c2ccc3c(c2)c2cc(Br)ccc2n3-c2ccccc2)cc1. The van der Waals surface area contributed by atoms with E-state index in [1.807, 2.05) is 30.3 Å². The molecule has 132 valence electrons. The number of para-hydroxylation sites is 1. The molecular weight excluding hydrogens is 408 g/mol. The second kappa shape index (κ2) is 6.67. The first-order valence-corrected chi connectivity index (χ1v) is 9.81. The van der Waals surface area contributed by atoms with Crippen molar-refractivity contribution in [3.8, 4) is 16.8 Å². The number of fused-ring (bicyclic) bond motifs is 3. The molecule has 0 aliphatic rings. The highest BCUT2D eigenvalue weighted by molar-refractivity contribution is 9.10. The van der Waals surface area contributed by atoms with Gasteiger partial charge in [-0.2, -0.15) is 0 Å². The Labute approximate surface area is 171 Å². The second-order valence-electron chi connectivity index (χ2n) is 6.72. The third-order valence-electron chi connectivity index (χ3n) is 5.07. The summed E-state index contributed by atoms with van der Waals surface area (Å²) in [6.07, 6.45) is 0. The van der Waals surface area contributed by atoms with Gasteiger partial charge < -0.3 is 4.57 Å². The largest absolute Gasteiger partial charge is 0.309 e. The van der Waals surface area contributed by atoms with Gasteiger partial charge in [0.1, 0.15) is 0 Å². The Morgan fingerprint density at radius 2 is 1.32 bits per heavy atom. The summed E-state index contributed by atoms with van der Waals surface area (Å²) in [4.78, 5) is 3.48. The molecular formula is C25H15BrN2. The molecule has 1 aromatic heterocycles. The highest BCUT2D eigenvalue weighted by Gasteiger charge is 2.13. The van der Waals surface area contributed by atoms with Crippen molar-refractivity contribution in [2.45, 2.75) is 0 Å². The van der Waals surface area contributed by atoms with E-state index in [4.69, 9.17) is 6.57 Å². The Balaban J connectivity index is 1.80. The monoisotopic (exact) mass is 422 g/mol. The molecule has 5 rings (SSSR count). The summed E-state index contributed by atoms with van der Waals surface area (Å²) in [6.45, 7) is 7.14. The minimum absolute atomic E-state index is 0.662. The van der Waals surface area contributed by atoms with Crippen LogP contribution in [0.5, 0.6) is 0 Å². The lowest BCUT2D eigenvalue weighted by Gasteiger charge is -2.08. The molecule has 0 atom stereocenters. The number of aromatic nitrogens is 1. The minimum atomic E-state index is 0.662. The zero-order valence-electron chi connectivity index (χ0n) is 14.9. The van der Waals surface area contributed by atoms with Gasteiger partial charge in [0.15, 0.2) is 5.69 Å². The molecule has 5 aromatic rings. The molecule has 0 spiro atoms. The Morgan fingerprint density at radius 3 is 2.04 bits per heavy atom. The van der Waals surface area contributed by atoms with Crippen molar-refractivity contribution in [2.24, 2.45) is 0 Å². The molecule has 4 aromatic carbocycles. The molecule has 2 nitrogen and oxygen atoms in total. The molecule has 3 heteroatoms. The van der Waals surface area contributed by atoms with E-state index in [2.05, 4.69) is 86.0 Å². The van der Waals surface area contributed by atoms with E-state index in [1.54, 1.807) is 0 Å². The van der Waals surface area contributed by atoms with Crippen LogP contribution in [-0.2, 0) is 0 Å². The lowest BCUT2D eigenvalue weighted by atomic mass is 10.0. The summed E-state index contributed by atoms with van der Waals surface area (Å²) in [5.74, 6) is 0. The van der Waals surface area contributed by atoms with Gasteiger partial charge in [-0.1, -0.05) is 64.5 Å². The van der Waals surface area contributed by atoms with Crippen molar-refractivity contribution in [3.05, 3.63) is 107 Å². The number of rotatable bonds is 2. The van der Waals surface area contributed by atoms with Crippen molar-refractivity contribution in [3.63, 3.8) is 0 Å². The molecule has 0 saturated heterocycles. The van der Waals surface area contributed by atoms with Crippen molar-refractivity contribution < 1.29 is 0 Å². The second-order valence-corrected chi connectivity index (χ2v) is 7.64. The quantitative estimate of drug-likeness (QED) is 0.257. The van der Waals surface area contributed by atoms with Gasteiger partial charge in [0.05, 0.1) is 17.6 Å². The average molecular weight is 423 g/mol. The first kappa shape index (κ1) is 16.8. The van der Waals surface area contributed by atoms with E-state index >= 15 is 0 Å². The van der Waals surface area contributed by atoms with Crippen molar-refractivity contribution in [1.82, 2.24) is 4.57 Å². The number of nitrogens with zero attached hydrogens (tertiary/aromatic N) is 2. The first-order chi connectivity index (χ1) is 13.7. The van der Waals surface area contributed by atoms with Crippen LogP contribution in [0.2, 0.25) is 0 Å². The Hall–Kier alpha value is -3.35. The summed E-state index contributed by atoms with van der Waals surface area (Å²) in [6, 6.07) is 31.2. The normalized spacial score (nSPS) is 11.0. The van der Waals surface area contributed by atoms with Crippen molar-refractivity contribution >= 4 is 43.4 Å². The fourth-order valence-electron chi connectivity index (χ4n) is 3.76. The van der Waals surface area contributed by atoms with E-state index in [-0.39, 0.29) is 0 Å². The van der Waals surface area contributed by atoms with Crippen molar-refractivity contribution in [1.29, 1.82) is 0 Å². The molecule has 28 heavy (non-hydrogen) atoms. The zero-order chi connectivity index (χ0) is 19.1. The third-order valence-corrected chi connectivity index (χ3v) is 5.56. The molecule has 0 fully saturated rings. The molecule has 1 heterocycles. The van der Waals surface area contributed by atoms with E-state index in [0.29, 0.717) is 5.69 Å². The molecule has 0 aliphatic carbocycles. The summed E-state index contributed by atoms with van der Waals surface area (Å²) in [5.41, 5.74) is 6.44. The average Bonchev–Trinajstić information content (AvgIpc) is 3.07. The smallest absolute Gasteiger partial charge is 0.187 e. The maximum Gasteiger partial charge on any atom is 0.187 e. The van der Waals surface area contributed by atoms with Crippen LogP contribution in [-0.4, -0.2) is 4.57 Å². The van der Waals surface area contributed by atoms with E-state index in [0.717, 1.165) is 21.3 Å². The van der Waals surface area contributed by atoms with Crippen LogP contribution >= 0.6 is 15.9 Å². The Morgan fingerprint density at radius 1 is 0.679 bits per heavy atom. The highest BCUT2D eigenvalue weighted by atomic mass is 79.9. The van der Waals surface area contributed by atoms with Crippen LogP contribution in [0.1, 0.15) is 0 Å². The van der Waals surface area contributed by atoms with Crippen LogP contribution < -0.4 is 0 Å². The van der Waals surface area contributed by atoms with Crippen molar-refractivity contribution in [2.75, 3.05) is 0 Å². The molecule has 0 unspecified atom stereocenters. The third kappa shape index (κ3) is 2.70. The maximum absolute atomic E-state index is 7.14. The molecule has 0 amide bonds. The number of benzene rings is 4. The van der Waals surface area contributed by atoms with Crippen LogP contribution in [0.25, 0.3) is 43.5 Å². The highest BCUT2D eigenvalue weighted by Crippen LogP contribution is 2.36. The summed E-state index contributed by atoms with van der Waals surface area (Å²) >= 11 is 3.63. The molecule has 0 aliphatic heterocycles. The van der Waals surface area contributed by atoms with Gasteiger partial charge in [0.2, 0.25) is 0 Å². The standard InChI is InChI=1S/C25H15BrN2/c1-27-20-11-7-17(8-12-20)18-9-13-24-22(15-18)23-16-19(26)10-14-25(23)28(24)21-5-3-2-4-6-21/h2-16H. The Bertz CT molecular complexity index is 1360. The van der Waals surface area contributed by atoms with Gasteiger partial charge in [0.25, 0.3) is 0 Å². The van der Waals surface area contributed by atoms with Crippen LogP contribution in [0.4, 0.5) is 5.69 Å². The van der Waals surface area contributed by atoms with Crippen LogP contribution in [0, 0.1) is 6.57 Å². The predicted molar refractivity (Wildman–Crippen MR) is 120 cm³/mol. The fraction of sp³-hybridized carbons (Fsp3) is 0. The van der Waals surface area contributed by atoms with Crippen LogP contribution in [0.15, 0.2) is 95.5 Å². The molecule has 0 bridgehead atoms. The zero-order valence-corrected chi connectivity index (χ0v) is 16.5. The molecule has 0 saturated carbocycles. The maximum atomic E-state index is 7.14. The van der Waals surface area contributed by atoms with E-state index < -0.39 is 0 Å². The van der Waals surface area contributed by atoms with Crippen LogP contribution in [0.3, 0.4) is 0 Å². The van der Waals surface area contributed by atoms with Gasteiger partial charge in [-0.15, -0.1) is 0 Å². The lowest BCUT2D eigenvalue weighted by Crippen LogP contribution is -1.92. The predicted octanol–water partition coefficient (Wildman–Crippen LogP) is 7.76. The van der Waals surface area contributed by atoms with Gasteiger partial charge >= 0.3 is 0 Å². The minimum Gasteiger partial charge on any atom is -0.309 e. The van der Waals surface area contributed by atoms with Gasteiger partial charge in [0, 0.05) is 20.9 Å². The summed E-state index contributed by atoms with van der Waals surface area (Å²) in [5, 5.41) is 2.43. The first-order valence-electron chi connectivity index (χ1n) is 9.02. The van der Waals surface area contributed by atoms with E-state index in [1.165, 1.54) is 21.8 Å².